The topological polar surface area (TPSA) is 58.3 Å². The third kappa shape index (κ3) is 2.29. The molecule has 0 spiro atoms. The zero-order valence-electron chi connectivity index (χ0n) is 6.62. The largest absolute Gasteiger partial charge is 0.343 e. The Morgan fingerprint density at radius 1 is 1.64 bits per heavy atom. The highest BCUT2D eigenvalue weighted by molar-refractivity contribution is 5.77. The van der Waals surface area contributed by atoms with E-state index in [4.69, 9.17) is 5.53 Å². The first kappa shape index (κ1) is 8.17. The lowest BCUT2D eigenvalue weighted by Gasteiger charge is -2.13. The Bertz CT molecular complexity index is 158. The van der Waals surface area contributed by atoms with Crippen molar-refractivity contribution in [3.63, 3.8) is 0 Å². The van der Waals surface area contributed by atoms with Gasteiger partial charge in [-0.25, -0.2) is 0 Å². The highest BCUT2D eigenvalue weighted by Crippen LogP contribution is 2.09. The maximum Gasteiger partial charge on any atom is 0.222 e. The van der Waals surface area contributed by atoms with E-state index in [9.17, 15) is 4.79 Å². The standard InChI is InChI=1S/C7H13N3O/c8-9-4-2-6-10-5-1-3-7(10)11/h8H,1-6H2/p+1. The first-order chi connectivity index (χ1) is 5.34. The van der Waals surface area contributed by atoms with E-state index in [1.807, 2.05) is 4.90 Å². The average Bonchev–Trinajstić information content (AvgIpc) is 2.37. The molecule has 1 aliphatic heterocycles. The van der Waals surface area contributed by atoms with Gasteiger partial charge in [-0.3, -0.25) is 4.79 Å². The Labute approximate surface area is 66.1 Å². The highest BCUT2D eigenvalue weighted by atomic mass is 16.2. The molecule has 1 aliphatic rings. The molecule has 1 amide bonds. The van der Waals surface area contributed by atoms with Crippen LogP contribution in [-0.4, -0.2) is 30.4 Å². The maximum absolute atomic E-state index is 11.0. The molecular weight excluding hydrogens is 142 g/mol. The van der Waals surface area contributed by atoms with Gasteiger partial charge in [-0.15, -0.1) is 0 Å². The Balaban J connectivity index is 2.15. The lowest BCUT2D eigenvalue weighted by molar-refractivity contribution is -0.222. The molecular formula is C7H14N3O+. The van der Waals surface area contributed by atoms with E-state index in [2.05, 4.69) is 5.11 Å². The molecule has 0 aromatic carbocycles. The van der Waals surface area contributed by atoms with Gasteiger partial charge in [-0.2, -0.15) is 5.53 Å². The summed E-state index contributed by atoms with van der Waals surface area (Å²) in [5.41, 5.74) is 4.97. The van der Waals surface area contributed by atoms with Gasteiger partial charge in [0.1, 0.15) is 6.54 Å². The van der Waals surface area contributed by atoms with Crippen molar-refractivity contribution in [1.29, 1.82) is 0 Å². The van der Waals surface area contributed by atoms with Crippen LogP contribution in [0.5, 0.6) is 0 Å². The van der Waals surface area contributed by atoms with Gasteiger partial charge >= 0.3 is 0 Å². The molecule has 1 heterocycles. The van der Waals surface area contributed by atoms with Crippen molar-refractivity contribution in [2.75, 3.05) is 19.6 Å². The van der Waals surface area contributed by atoms with Gasteiger partial charge in [0.05, 0.1) is 0 Å². The van der Waals surface area contributed by atoms with E-state index in [1.165, 1.54) is 0 Å². The molecule has 11 heavy (non-hydrogen) atoms. The summed E-state index contributed by atoms with van der Waals surface area (Å²) in [6.07, 6.45) is 2.63. The summed E-state index contributed by atoms with van der Waals surface area (Å²) in [7, 11) is 0. The lowest BCUT2D eigenvalue weighted by atomic mass is 10.4. The van der Waals surface area contributed by atoms with Crippen LogP contribution in [0.2, 0.25) is 0 Å². The van der Waals surface area contributed by atoms with Gasteiger partial charge in [-0.1, -0.05) is 0 Å². The second-order valence-electron chi connectivity index (χ2n) is 2.74. The Kier molecular flexibility index (Phi) is 3.01. The highest BCUT2D eigenvalue weighted by Gasteiger charge is 2.18. The van der Waals surface area contributed by atoms with Gasteiger partial charge in [0.15, 0.2) is 0 Å². The normalized spacial score (nSPS) is 17.5. The number of amides is 1. The van der Waals surface area contributed by atoms with Crippen molar-refractivity contribution < 1.29 is 10.3 Å². The van der Waals surface area contributed by atoms with Crippen LogP contribution in [-0.2, 0) is 4.79 Å². The van der Waals surface area contributed by atoms with Crippen molar-refractivity contribution in [2.24, 2.45) is 5.11 Å². The van der Waals surface area contributed by atoms with Gasteiger partial charge in [-0.05, 0) is 18.0 Å². The second-order valence-corrected chi connectivity index (χ2v) is 2.74. The number of nitrogens with zero attached hydrogens (tertiary/aromatic N) is 2. The zero-order chi connectivity index (χ0) is 8.10. The van der Waals surface area contributed by atoms with Crippen molar-refractivity contribution in [1.82, 2.24) is 4.90 Å². The molecule has 0 bridgehead atoms. The maximum atomic E-state index is 11.0. The Morgan fingerprint density at radius 2 is 2.45 bits per heavy atom. The SMILES string of the molecule is [NH2+]=NCCCN1CCCC1=O. The molecule has 0 aliphatic carbocycles. The first-order valence-corrected chi connectivity index (χ1v) is 3.99. The predicted molar refractivity (Wildman–Crippen MR) is 39.7 cm³/mol. The third-order valence-electron chi connectivity index (χ3n) is 1.89. The van der Waals surface area contributed by atoms with Crippen molar-refractivity contribution >= 4 is 5.91 Å². The number of carbonyl (C=O) groups excluding carboxylic acids is 1. The van der Waals surface area contributed by atoms with E-state index in [0.717, 1.165) is 32.4 Å². The number of rotatable bonds is 4. The average molecular weight is 156 g/mol. The predicted octanol–water partition coefficient (Wildman–Crippen LogP) is -0.790. The molecule has 4 nitrogen and oxygen atoms in total. The van der Waals surface area contributed by atoms with Crippen LogP contribution >= 0.6 is 0 Å². The quantitative estimate of drug-likeness (QED) is 0.421. The van der Waals surface area contributed by atoms with E-state index in [-0.39, 0.29) is 5.91 Å². The molecule has 0 atom stereocenters. The zero-order valence-corrected chi connectivity index (χ0v) is 6.62. The third-order valence-corrected chi connectivity index (χ3v) is 1.89. The first-order valence-electron chi connectivity index (χ1n) is 3.99. The second kappa shape index (κ2) is 4.05. The fourth-order valence-corrected chi connectivity index (χ4v) is 1.29. The van der Waals surface area contributed by atoms with Crippen molar-refractivity contribution in [3.8, 4) is 0 Å². The molecule has 0 aromatic heterocycles. The molecule has 0 radical (unpaired) electrons. The molecule has 1 rings (SSSR count). The number of likely N-dealkylation sites (tertiary alicyclic amines) is 1. The van der Waals surface area contributed by atoms with Crippen LogP contribution in [0.15, 0.2) is 5.11 Å². The van der Waals surface area contributed by atoms with Crippen LogP contribution < -0.4 is 5.53 Å². The number of hydrogen-bond acceptors (Lipinski definition) is 2. The van der Waals surface area contributed by atoms with Crippen molar-refractivity contribution in [3.05, 3.63) is 0 Å². The minimum Gasteiger partial charge on any atom is -0.343 e. The molecule has 1 fully saturated rings. The summed E-state index contributed by atoms with van der Waals surface area (Å²) in [5, 5.41) is 3.48. The fraction of sp³-hybridized carbons (Fsp3) is 0.857. The van der Waals surface area contributed by atoms with Gasteiger partial charge < -0.3 is 4.90 Å². The molecule has 62 valence electrons. The Morgan fingerprint density at radius 3 is 3.00 bits per heavy atom. The summed E-state index contributed by atoms with van der Waals surface area (Å²) in [4.78, 5) is 12.9. The fourth-order valence-electron chi connectivity index (χ4n) is 1.29. The molecule has 0 aromatic rings. The summed E-state index contributed by atoms with van der Waals surface area (Å²) in [6.45, 7) is 2.40. The van der Waals surface area contributed by atoms with Crippen molar-refractivity contribution in [2.45, 2.75) is 19.3 Å². The van der Waals surface area contributed by atoms with Gasteiger partial charge in [0, 0.05) is 19.5 Å². The smallest absolute Gasteiger partial charge is 0.222 e. The van der Waals surface area contributed by atoms with Crippen LogP contribution in [0.3, 0.4) is 0 Å². The molecule has 0 unspecified atom stereocenters. The van der Waals surface area contributed by atoms with E-state index in [0.29, 0.717) is 6.54 Å². The van der Waals surface area contributed by atoms with Crippen LogP contribution in [0.1, 0.15) is 19.3 Å². The molecule has 0 saturated carbocycles. The van der Waals surface area contributed by atoms with Crippen LogP contribution in [0.4, 0.5) is 0 Å². The minimum atomic E-state index is 0.280. The van der Waals surface area contributed by atoms with Crippen LogP contribution in [0, 0.1) is 0 Å². The summed E-state index contributed by atoms with van der Waals surface area (Å²) in [6, 6.07) is 0. The minimum absolute atomic E-state index is 0.280. The van der Waals surface area contributed by atoms with Gasteiger partial charge in [0.2, 0.25) is 5.91 Å². The van der Waals surface area contributed by atoms with E-state index < -0.39 is 0 Å². The van der Waals surface area contributed by atoms with E-state index in [1.54, 1.807) is 0 Å². The number of carbonyl (C=O) groups is 1. The number of hydrogen-bond donors (Lipinski definition) is 1. The molecule has 1 saturated heterocycles. The molecule has 4 heteroatoms. The van der Waals surface area contributed by atoms with Gasteiger partial charge in [0.25, 0.3) is 0 Å². The van der Waals surface area contributed by atoms with E-state index >= 15 is 0 Å². The van der Waals surface area contributed by atoms with Crippen LogP contribution in [0.25, 0.3) is 0 Å². The summed E-state index contributed by atoms with van der Waals surface area (Å²) in [5.74, 6) is 0.280. The molecule has 2 N–H and O–H groups in total. The summed E-state index contributed by atoms with van der Waals surface area (Å²) >= 11 is 0. The monoisotopic (exact) mass is 156 g/mol. The number of nitrogens with two attached hydrogens (primary N) is 1. The Hall–Kier alpha value is -0.930. The lowest BCUT2D eigenvalue weighted by Crippen LogP contribution is -2.28. The summed E-state index contributed by atoms with van der Waals surface area (Å²) < 4.78 is 0.